The molecule has 0 aliphatic carbocycles. The zero-order valence-corrected chi connectivity index (χ0v) is 22.3. The molecule has 1 unspecified atom stereocenters. The van der Waals surface area contributed by atoms with Crippen LogP contribution < -0.4 is 9.47 Å². The van der Waals surface area contributed by atoms with Gasteiger partial charge in [-0.05, 0) is 59.0 Å². The number of carbonyl (C=O) groups excluding carboxylic acids is 2. The minimum Gasteiger partial charge on any atom is -0.507 e. The van der Waals surface area contributed by atoms with Crippen LogP contribution in [0.2, 0.25) is 5.02 Å². The Labute approximate surface area is 222 Å². The maximum Gasteiger partial charge on any atom is 0.295 e. The van der Waals surface area contributed by atoms with Crippen LogP contribution in [0.1, 0.15) is 49.1 Å². The summed E-state index contributed by atoms with van der Waals surface area (Å²) in [5.74, 6) is -0.280. The maximum atomic E-state index is 13.4. The second-order valence-corrected chi connectivity index (χ2v) is 10.4. The van der Waals surface area contributed by atoms with Gasteiger partial charge in [0.05, 0.1) is 25.8 Å². The van der Waals surface area contributed by atoms with Crippen molar-refractivity contribution < 1.29 is 24.2 Å². The van der Waals surface area contributed by atoms with Crippen LogP contribution in [0.3, 0.4) is 0 Å². The number of nitrogens with zero attached hydrogens (tertiary/aromatic N) is 1. The Hall–Kier alpha value is -3.77. The SMILES string of the molecule is COc1ccc(CN2C(=O)C(=O)/C(=C(\O)c3ccc(OC)c(C(C)(C)C)c3)C2c2ccc(Cl)cc2)cc1. The average Bonchev–Trinajstić information content (AvgIpc) is 3.13. The minimum atomic E-state index is -0.792. The summed E-state index contributed by atoms with van der Waals surface area (Å²) in [5, 5.41) is 12.0. The van der Waals surface area contributed by atoms with Gasteiger partial charge in [-0.15, -0.1) is 0 Å². The second-order valence-electron chi connectivity index (χ2n) is 9.99. The van der Waals surface area contributed by atoms with E-state index in [9.17, 15) is 14.7 Å². The van der Waals surface area contributed by atoms with E-state index in [1.165, 1.54) is 4.90 Å². The number of carbonyl (C=O) groups is 2. The van der Waals surface area contributed by atoms with Gasteiger partial charge in [0.1, 0.15) is 17.3 Å². The summed E-state index contributed by atoms with van der Waals surface area (Å²) in [5.41, 5.74) is 2.55. The molecule has 0 radical (unpaired) electrons. The fourth-order valence-corrected chi connectivity index (χ4v) is 4.69. The zero-order chi connectivity index (χ0) is 26.9. The number of halogens is 1. The highest BCUT2D eigenvalue weighted by Crippen LogP contribution is 2.42. The van der Waals surface area contributed by atoms with Crippen molar-refractivity contribution in [3.63, 3.8) is 0 Å². The van der Waals surface area contributed by atoms with Crippen LogP contribution in [0.5, 0.6) is 11.5 Å². The molecule has 37 heavy (non-hydrogen) atoms. The summed E-state index contributed by atoms with van der Waals surface area (Å²) in [7, 11) is 3.17. The van der Waals surface area contributed by atoms with E-state index in [1.807, 2.05) is 39.0 Å². The lowest BCUT2D eigenvalue weighted by Crippen LogP contribution is -2.29. The van der Waals surface area contributed by atoms with Crippen LogP contribution in [0.4, 0.5) is 0 Å². The van der Waals surface area contributed by atoms with Gasteiger partial charge in [0.15, 0.2) is 0 Å². The summed E-state index contributed by atoms with van der Waals surface area (Å²) in [6.45, 7) is 6.29. The first kappa shape index (κ1) is 26.3. The van der Waals surface area contributed by atoms with Gasteiger partial charge in [-0.3, -0.25) is 9.59 Å². The lowest BCUT2D eigenvalue weighted by Gasteiger charge is -2.26. The molecule has 1 aliphatic heterocycles. The standard InChI is InChI=1S/C30H30ClNO5/c1-30(2,3)23-16-20(10-15-24(23)37-5)27(33)25-26(19-8-11-21(31)12-9-19)32(29(35)28(25)34)17-18-6-13-22(36-4)14-7-18/h6-16,26,33H,17H2,1-5H3/b27-25-. The lowest BCUT2D eigenvalue weighted by molar-refractivity contribution is -0.140. The van der Waals surface area contributed by atoms with E-state index in [1.54, 1.807) is 62.8 Å². The normalized spacial score (nSPS) is 17.2. The Kier molecular flexibility index (Phi) is 7.32. The summed E-state index contributed by atoms with van der Waals surface area (Å²) in [6, 6.07) is 18.7. The number of aliphatic hydroxyl groups is 1. The number of aliphatic hydroxyl groups excluding tert-OH is 1. The quantitative estimate of drug-likeness (QED) is 0.236. The molecule has 7 heteroatoms. The third kappa shape index (κ3) is 5.20. The Morgan fingerprint density at radius 3 is 2.16 bits per heavy atom. The average molecular weight is 520 g/mol. The van der Waals surface area contributed by atoms with E-state index in [2.05, 4.69) is 0 Å². The Balaban J connectivity index is 1.86. The van der Waals surface area contributed by atoms with Gasteiger partial charge >= 0.3 is 0 Å². The fourth-order valence-electron chi connectivity index (χ4n) is 4.56. The first-order valence-electron chi connectivity index (χ1n) is 11.9. The van der Waals surface area contributed by atoms with Crippen LogP contribution in [-0.2, 0) is 21.5 Å². The van der Waals surface area contributed by atoms with E-state index in [0.717, 1.165) is 11.1 Å². The van der Waals surface area contributed by atoms with Crippen molar-refractivity contribution in [2.75, 3.05) is 14.2 Å². The van der Waals surface area contributed by atoms with E-state index in [-0.39, 0.29) is 23.3 Å². The van der Waals surface area contributed by atoms with Crippen LogP contribution in [0.25, 0.3) is 5.76 Å². The monoisotopic (exact) mass is 519 g/mol. The number of hydrogen-bond acceptors (Lipinski definition) is 5. The van der Waals surface area contributed by atoms with Gasteiger partial charge in [0, 0.05) is 22.7 Å². The molecule has 1 heterocycles. The summed E-state index contributed by atoms with van der Waals surface area (Å²) in [6.07, 6.45) is 0. The molecule has 1 atom stereocenters. The summed E-state index contributed by atoms with van der Waals surface area (Å²) < 4.78 is 10.8. The number of methoxy groups -OCH3 is 2. The van der Waals surface area contributed by atoms with Crippen LogP contribution in [0, 0.1) is 0 Å². The Morgan fingerprint density at radius 2 is 1.59 bits per heavy atom. The lowest BCUT2D eigenvalue weighted by atomic mass is 9.84. The largest absolute Gasteiger partial charge is 0.507 e. The van der Waals surface area contributed by atoms with Crippen molar-refractivity contribution in [1.82, 2.24) is 4.90 Å². The number of hydrogen-bond donors (Lipinski definition) is 1. The molecule has 6 nitrogen and oxygen atoms in total. The molecule has 0 bridgehead atoms. The topological polar surface area (TPSA) is 76.1 Å². The Morgan fingerprint density at radius 1 is 0.946 bits per heavy atom. The molecule has 1 amide bonds. The number of amides is 1. The first-order chi connectivity index (χ1) is 17.5. The van der Waals surface area contributed by atoms with Crippen molar-refractivity contribution >= 4 is 29.1 Å². The molecular formula is C30H30ClNO5. The zero-order valence-electron chi connectivity index (χ0n) is 21.5. The van der Waals surface area contributed by atoms with Crippen molar-refractivity contribution in [1.29, 1.82) is 0 Å². The third-order valence-corrected chi connectivity index (χ3v) is 6.77. The molecule has 1 aliphatic rings. The predicted molar refractivity (Wildman–Crippen MR) is 144 cm³/mol. The van der Waals surface area contributed by atoms with Gasteiger partial charge in [0.2, 0.25) is 0 Å². The smallest absolute Gasteiger partial charge is 0.295 e. The number of Topliss-reactive ketones (excluding diaryl/α,β-unsaturated/α-hetero) is 1. The molecule has 0 spiro atoms. The highest BCUT2D eigenvalue weighted by molar-refractivity contribution is 6.46. The molecule has 192 valence electrons. The van der Waals surface area contributed by atoms with E-state index in [4.69, 9.17) is 21.1 Å². The van der Waals surface area contributed by atoms with Crippen molar-refractivity contribution in [2.24, 2.45) is 0 Å². The van der Waals surface area contributed by atoms with Gasteiger partial charge in [-0.25, -0.2) is 0 Å². The van der Waals surface area contributed by atoms with Crippen molar-refractivity contribution in [2.45, 2.75) is 38.8 Å². The number of ketones is 1. The van der Waals surface area contributed by atoms with Gasteiger partial charge in [-0.2, -0.15) is 0 Å². The second kappa shape index (κ2) is 10.3. The maximum absolute atomic E-state index is 13.4. The molecule has 1 saturated heterocycles. The molecule has 0 aromatic heterocycles. The molecular weight excluding hydrogens is 490 g/mol. The van der Waals surface area contributed by atoms with E-state index in [0.29, 0.717) is 27.6 Å². The fraction of sp³-hybridized carbons (Fsp3) is 0.267. The molecule has 4 rings (SSSR count). The highest BCUT2D eigenvalue weighted by Gasteiger charge is 2.46. The van der Waals surface area contributed by atoms with Crippen molar-refractivity contribution in [3.8, 4) is 11.5 Å². The molecule has 1 N–H and O–H groups in total. The highest BCUT2D eigenvalue weighted by atomic mass is 35.5. The minimum absolute atomic E-state index is 0.0332. The molecule has 1 fully saturated rings. The number of rotatable bonds is 6. The van der Waals surface area contributed by atoms with Crippen LogP contribution >= 0.6 is 11.6 Å². The molecule has 3 aromatic carbocycles. The van der Waals surface area contributed by atoms with E-state index >= 15 is 0 Å². The summed E-state index contributed by atoms with van der Waals surface area (Å²) in [4.78, 5) is 28.2. The Bertz CT molecular complexity index is 1350. The van der Waals surface area contributed by atoms with Crippen LogP contribution in [-0.4, -0.2) is 35.9 Å². The summed E-state index contributed by atoms with van der Waals surface area (Å²) >= 11 is 6.12. The predicted octanol–water partition coefficient (Wildman–Crippen LogP) is 6.28. The van der Waals surface area contributed by atoms with Crippen LogP contribution in [0.15, 0.2) is 72.3 Å². The molecule has 0 saturated carbocycles. The van der Waals surface area contributed by atoms with Gasteiger partial charge < -0.3 is 19.5 Å². The van der Waals surface area contributed by atoms with E-state index < -0.39 is 17.7 Å². The number of ether oxygens (including phenoxy) is 2. The molecule has 3 aromatic rings. The van der Waals surface area contributed by atoms with Crippen molar-refractivity contribution in [3.05, 3.63) is 99.6 Å². The number of benzene rings is 3. The van der Waals surface area contributed by atoms with Gasteiger partial charge in [-0.1, -0.05) is 56.6 Å². The first-order valence-corrected chi connectivity index (χ1v) is 12.3. The third-order valence-electron chi connectivity index (χ3n) is 6.52. The number of likely N-dealkylation sites (tertiary alicyclic amines) is 1. The van der Waals surface area contributed by atoms with Gasteiger partial charge in [0.25, 0.3) is 11.7 Å².